The first kappa shape index (κ1) is 19.0. The number of benzene rings is 3. The Kier molecular flexibility index (Phi) is 6.90. The van der Waals surface area contributed by atoms with Gasteiger partial charge in [0.2, 0.25) is 0 Å². The fourth-order valence-corrected chi connectivity index (χ4v) is 3.92. The van der Waals surface area contributed by atoms with E-state index in [1.165, 1.54) is 0 Å². The van der Waals surface area contributed by atoms with E-state index in [1.54, 1.807) is 6.20 Å². The first-order chi connectivity index (χ1) is 13.2. The highest BCUT2D eigenvalue weighted by Gasteiger charge is 2.11. The Morgan fingerprint density at radius 2 is 1.41 bits per heavy atom. The van der Waals surface area contributed by atoms with Crippen molar-refractivity contribution in [3.05, 3.63) is 108 Å². The van der Waals surface area contributed by atoms with E-state index < -0.39 is 10.8 Å². The fourth-order valence-electron chi connectivity index (χ4n) is 2.51. The van der Waals surface area contributed by atoms with Crippen LogP contribution in [0, 0.1) is 0 Å². The lowest BCUT2D eigenvalue weighted by molar-refractivity contribution is 0.688. The normalized spacial score (nSPS) is 12.2. The Labute approximate surface area is 167 Å². The van der Waals surface area contributed by atoms with Gasteiger partial charge >= 0.3 is 0 Å². The van der Waals surface area contributed by atoms with Gasteiger partial charge in [0.1, 0.15) is 0 Å². The molecule has 0 spiro atoms. The number of rotatable bonds is 6. The third-order valence-electron chi connectivity index (χ3n) is 3.81. The molecular weight excluding hydrogens is 372 g/mol. The zero-order chi connectivity index (χ0) is 18.9. The van der Waals surface area contributed by atoms with Crippen molar-refractivity contribution in [2.45, 2.75) is 5.75 Å². The predicted octanol–water partition coefficient (Wildman–Crippen LogP) is 4.92. The predicted molar refractivity (Wildman–Crippen MR) is 119 cm³/mol. The third-order valence-corrected chi connectivity index (χ3v) is 5.47. The van der Waals surface area contributed by atoms with E-state index in [9.17, 15) is 4.21 Å². The van der Waals surface area contributed by atoms with Crippen molar-refractivity contribution in [2.24, 2.45) is 0 Å². The molecule has 3 rings (SSSR count). The van der Waals surface area contributed by atoms with Crippen LogP contribution in [-0.4, -0.2) is 9.32 Å². The number of thiocarbonyl (C=S) groups is 1. The Hall–Kier alpha value is -2.76. The summed E-state index contributed by atoms with van der Waals surface area (Å²) in [6.07, 6.45) is 1.73. The highest BCUT2D eigenvalue weighted by molar-refractivity contribution is 7.93. The average molecular weight is 393 g/mol. The summed E-state index contributed by atoms with van der Waals surface area (Å²) in [6, 6.07) is 29.2. The second-order valence-corrected chi connectivity index (χ2v) is 7.64. The molecule has 0 radical (unpaired) electrons. The van der Waals surface area contributed by atoms with Crippen LogP contribution in [0.25, 0.3) is 4.91 Å². The first-order valence-corrected chi connectivity index (χ1v) is 10.3. The van der Waals surface area contributed by atoms with Gasteiger partial charge in [-0.05, 0) is 35.5 Å². The van der Waals surface area contributed by atoms with Crippen molar-refractivity contribution in [3.8, 4) is 0 Å². The largest absolute Gasteiger partial charge is 0.338 e. The Balaban J connectivity index is 1.76. The molecule has 3 aromatic rings. The van der Waals surface area contributed by atoms with Crippen LogP contribution in [0.5, 0.6) is 0 Å². The number of anilines is 1. The highest BCUT2D eigenvalue weighted by atomic mass is 32.2. The summed E-state index contributed by atoms with van der Waals surface area (Å²) in [6.45, 7) is 0. The summed E-state index contributed by atoms with van der Waals surface area (Å²) in [5, 5.41) is 6.63. The van der Waals surface area contributed by atoms with Crippen LogP contribution in [0.3, 0.4) is 0 Å². The van der Waals surface area contributed by atoms with Crippen molar-refractivity contribution in [1.29, 1.82) is 0 Å². The van der Waals surface area contributed by atoms with Gasteiger partial charge in [0.25, 0.3) is 0 Å². The minimum atomic E-state index is -1.21. The van der Waals surface area contributed by atoms with Crippen molar-refractivity contribution < 1.29 is 4.21 Å². The number of hydrogen-bond acceptors (Lipinski definition) is 2. The SMILES string of the molecule is O=[S@@](Cc1ccccc1)/C(=C\NC(=S)Nc1ccccc1)c1ccccc1. The molecule has 0 saturated carbocycles. The maximum absolute atomic E-state index is 13.0. The van der Waals surface area contributed by atoms with Crippen LogP contribution in [0.4, 0.5) is 5.69 Å². The standard InChI is InChI=1S/C22H20N2OS2/c25-27(17-18-10-4-1-5-11-18)21(19-12-6-2-7-13-19)16-23-22(26)24-20-14-8-3-9-15-20/h1-16H,17H2,(H2,23,24,26)/b21-16-/t27-/m0/s1. The summed E-state index contributed by atoms with van der Waals surface area (Å²) >= 11 is 5.35. The van der Waals surface area contributed by atoms with Gasteiger partial charge in [0, 0.05) is 11.9 Å². The van der Waals surface area contributed by atoms with Gasteiger partial charge in [0.15, 0.2) is 5.11 Å². The molecule has 5 heteroatoms. The van der Waals surface area contributed by atoms with E-state index in [1.807, 2.05) is 91.0 Å². The molecule has 0 aliphatic carbocycles. The molecule has 0 heterocycles. The molecule has 2 N–H and O–H groups in total. The lowest BCUT2D eigenvalue weighted by atomic mass is 10.2. The van der Waals surface area contributed by atoms with Crippen molar-refractivity contribution in [2.75, 3.05) is 5.32 Å². The fraction of sp³-hybridized carbons (Fsp3) is 0.0455. The Bertz CT molecular complexity index is 926. The molecule has 0 aromatic heterocycles. The van der Waals surface area contributed by atoms with E-state index in [-0.39, 0.29) is 0 Å². The van der Waals surface area contributed by atoms with E-state index in [4.69, 9.17) is 12.2 Å². The van der Waals surface area contributed by atoms with E-state index >= 15 is 0 Å². The van der Waals surface area contributed by atoms with Crippen molar-refractivity contribution in [3.63, 3.8) is 0 Å². The second-order valence-electron chi connectivity index (χ2n) is 5.81. The van der Waals surface area contributed by atoms with Crippen molar-refractivity contribution >= 4 is 38.7 Å². The quantitative estimate of drug-likeness (QED) is 0.584. The Morgan fingerprint density at radius 3 is 2.04 bits per heavy atom. The zero-order valence-corrected chi connectivity index (χ0v) is 16.3. The number of nitrogens with one attached hydrogen (secondary N) is 2. The molecule has 0 bridgehead atoms. The van der Waals surface area contributed by atoms with Gasteiger partial charge in [-0.25, -0.2) is 0 Å². The van der Waals surface area contributed by atoms with Gasteiger partial charge in [-0.1, -0.05) is 78.9 Å². The van der Waals surface area contributed by atoms with Crippen LogP contribution >= 0.6 is 12.2 Å². The summed E-state index contributed by atoms with van der Waals surface area (Å²) in [5.74, 6) is 0.447. The minimum Gasteiger partial charge on any atom is -0.338 e. The van der Waals surface area contributed by atoms with Gasteiger partial charge in [-0.3, -0.25) is 4.21 Å². The maximum atomic E-state index is 13.0. The first-order valence-electron chi connectivity index (χ1n) is 8.53. The molecule has 27 heavy (non-hydrogen) atoms. The summed E-state index contributed by atoms with van der Waals surface area (Å²) < 4.78 is 13.0. The highest BCUT2D eigenvalue weighted by Crippen LogP contribution is 2.20. The monoisotopic (exact) mass is 392 g/mol. The van der Waals surface area contributed by atoms with E-state index in [0.29, 0.717) is 15.8 Å². The van der Waals surface area contributed by atoms with Crippen LogP contribution in [0.1, 0.15) is 11.1 Å². The summed E-state index contributed by atoms with van der Waals surface area (Å²) in [5.41, 5.74) is 2.83. The third kappa shape index (κ3) is 5.88. The molecular formula is C22H20N2OS2. The second kappa shape index (κ2) is 9.80. The van der Waals surface area contributed by atoms with E-state index in [0.717, 1.165) is 16.8 Å². The smallest absolute Gasteiger partial charge is 0.174 e. The molecule has 136 valence electrons. The van der Waals surface area contributed by atoms with Crippen LogP contribution < -0.4 is 10.6 Å². The van der Waals surface area contributed by atoms with Gasteiger partial charge in [-0.2, -0.15) is 0 Å². The molecule has 0 aliphatic heterocycles. The van der Waals surface area contributed by atoms with Crippen LogP contribution in [-0.2, 0) is 16.6 Å². The molecule has 0 aliphatic rings. The Morgan fingerprint density at radius 1 is 0.852 bits per heavy atom. The van der Waals surface area contributed by atoms with Crippen molar-refractivity contribution in [1.82, 2.24) is 5.32 Å². The maximum Gasteiger partial charge on any atom is 0.174 e. The number of hydrogen-bond donors (Lipinski definition) is 2. The van der Waals surface area contributed by atoms with Gasteiger partial charge in [0.05, 0.1) is 21.5 Å². The number of para-hydroxylation sites is 1. The van der Waals surface area contributed by atoms with Gasteiger partial charge in [-0.15, -0.1) is 0 Å². The lowest BCUT2D eigenvalue weighted by Crippen LogP contribution is -2.24. The summed E-state index contributed by atoms with van der Waals surface area (Å²) in [7, 11) is -1.21. The molecule has 0 fully saturated rings. The molecule has 0 amide bonds. The van der Waals surface area contributed by atoms with Crippen LogP contribution in [0.15, 0.2) is 97.2 Å². The molecule has 1 atom stereocenters. The van der Waals surface area contributed by atoms with Crippen LogP contribution in [0.2, 0.25) is 0 Å². The topological polar surface area (TPSA) is 41.1 Å². The average Bonchev–Trinajstić information content (AvgIpc) is 2.70. The molecule has 0 unspecified atom stereocenters. The molecule has 0 saturated heterocycles. The minimum absolute atomic E-state index is 0.447. The zero-order valence-electron chi connectivity index (χ0n) is 14.7. The molecule has 3 nitrogen and oxygen atoms in total. The lowest BCUT2D eigenvalue weighted by Gasteiger charge is -2.11. The van der Waals surface area contributed by atoms with E-state index in [2.05, 4.69) is 10.6 Å². The summed E-state index contributed by atoms with van der Waals surface area (Å²) in [4.78, 5) is 0.705. The molecule has 3 aromatic carbocycles. The van der Waals surface area contributed by atoms with Gasteiger partial charge < -0.3 is 10.6 Å².